The quantitative estimate of drug-likeness (QED) is 0.750. The molecule has 0 spiro atoms. The maximum Gasteiger partial charge on any atom is 0.125 e. The molecule has 0 fully saturated rings. The number of aromatic nitrogens is 1. The first-order valence-corrected chi connectivity index (χ1v) is 6.42. The number of hydrogen-bond acceptors (Lipinski definition) is 2. The van der Waals surface area contributed by atoms with Crippen molar-refractivity contribution >= 4 is 5.82 Å². The third-order valence-electron chi connectivity index (χ3n) is 3.03. The highest BCUT2D eigenvalue weighted by Gasteiger charge is 2.05. The van der Waals surface area contributed by atoms with Gasteiger partial charge in [-0.3, -0.25) is 0 Å². The molecule has 0 aliphatic heterocycles. The third kappa shape index (κ3) is 4.65. The van der Waals surface area contributed by atoms with Crippen LogP contribution in [0.2, 0.25) is 0 Å². The van der Waals surface area contributed by atoms with Crippen molar-refractivity contribution in [1.82, 2.24) is 4.98 Å². The Balaban J connectivity index is 2.34. The Morgan fingerprint density at radius 2 is 2.12 bits per heavy atom. The van der Waals surface area contributed by atoms with Crippen LogP contribution in [0.1, 0.15) is 45.1 Å². The van der Waals surface area contributed by atoms with E-state index in [1.165, 1.54) is 31.2 Å². The summed E-state index contributed by atoms with van der Waals surface area (Å²) < 4.78 is 0. The van der Waals surface area contributed by atoms with Crippen LogP contribution in [0.15, 0.2) is 18.3 Å². The van der Waals surface area contributed by atoms with Crippen LogP contribution in [0.5, 0.6) is 0 Å². The minimum Gasteiger partial charge on any atom is -0.370 e. The summed E-state index contributed by atoms with van der Waals surface area (Å²) >= 11 is 0. The van der Waals surface area contributed by atoms with Gasteiger partial charge in [0.05, 0.1) is 0 Å². The molecule has 1 aromatic rings. The molecule has 0 saturated carbocycles. The molecule has 1 unspecified atom stereocenters. The van der Waals surface area contributed by atoms with E-state index in [9.17, 15) is 0 Å². The fraction of sp³-hybridized carbons (Fsp3) is 0.643. The van der Waals surface area contributed by atoms with Crippen molar-refractivity contribution in [2.75, 3.05) is 11.9 Å². The van der Waals surface area contributed by atoms with Crippen LogP contribution in [0.3, 0.4) is 0 Å². The fourth-order valence-electron chi connectivity index (χ4n) is 1.76. The zero-order valence-electron chi connectivity index (χ0n) is 10.8. The van der Waals surface area contributed by atoms with E-state index in [0.717, 1.165) is 18.3 Å². The maximum absolute atomic E-state index is 4.35. The monoisotopic (exact) mass is 220 g/mol. The predicted molar refractivity (Wildman–Crippen MR) is 70.8 cm³/mol. The number of nitrogens with zero attached hydrogens (tertiary/aromatic N) is 1. The fourth-order valence-corrected chi connectivity index (χ4v) is 1.76. The van der Waals surface area contributed by atoms with Gasteiger partial charge in [0, 0.05) is 12.7 Å². The van der Waals surface area contributed by atoms with Gasteiger partial charge in [-0.25, -0.2) is 4.98 Å². The van der Waals surface area contributed by atoms with Crippen LogP contribution < -0.4 is 5.32 Å². The van der Waals surface area contributed by atoms with E-state index in [4.69, 9.17) is 0 Å². The SMILES string of the molecule is CCCCC(CC)CNc1ccc(C)cn1. The molecule has 1 heterocycles. The molecular formula is C14H24N2. The predicted octanol–water partition coefficient (Wildman–Crippen LogP) is 4.02. The van der Waals surface area contributed by atoms with Crippen molar-refractivity contribution in [3.63, 3.8) is 0 Å². The molecular weight excluding hydrogens is 196 g/mol. The van der Waals surface area contributed by atoms with Crippen molar-refractivity contribution in [2.45, 2.75) is 46.5 Å². The Morgan fingerprint density at radius 1 is 1.31 bits per heavy atom. The average molecular weight is 220 g/mol. The lowest BCUT2D eigenvalue weighted by Crippen LogP contribution is -2.14. The molecule has 16 heavy (non-hydrogen) atoms. The van der Waals surface area contributed by atoms with Crippen molar-refractivity contribution in [1.29, 1.82) is 0 Å². The zero-order valence-corrected chi connectivity index (χ0v) is 10.8. The van der Waals surface area contributed by atoms with Gasteiger partial charge in [-0.15, -0.1) is 0 Å². The van der Waals surface area contributed by atoms with Crippen molar-refractivity contribution < 1.29 is 0 Å². The first kappa shape index (κ1) is 13.0. The van der Waals surface area contributed by atoms with Gasteiger partial charge in [0.15, 0.2) is 0 Å². The largest absolute Gasteiger partial charge is 0.370 e. The Labute approximate surface area is 99.5 Å². The molecule has 0 bridgehead atoms. The first-order valence-electron chi connectivity index (χ1n) is 6.42. The summed E-state index contributed by atoms with van der Waals surface area (Å²) in [4.78, 5) is 4.35. The highest BCUT2D eigenvalue weighted by atomic mass is 15.0. The van der Waals surface area contributed by atoms with E-state index in [1.54, 1.807) is 0 Å². The van der Waals surface area contributed by atoms with Crippen molar-refractivity contribution in [3.8, 4) is 0 Å². The average Bonchev–Trinajstić information content (AvgIpc) is 2.32. The number of pyridine rings is 1. The van der Waals surface area contributed by atoms with E-state index in [0.29, 0.717) is 0 Å². The first-order chi connectivity index (χ1) is 7.76. The van der Waals surface area contributed by atoms with Gasteiger partial charge < -0.3 is 5.32 Å². The molecule has 0 aromatic carbocycles. The number of nitrogens with one attached hydrogen (secondary N) is 1. The van der Waals surface area contributed by atoms with E-state index >= 15 is 0 Å². The van der Waals surface area contributed by atoms with Gasteiger partial charge in [0.25, 0.3) is 0 Å². The van der Waals surface area contributed by atoms with E-state index in [-0.39, 0.29) is 0 Å². The van der Waals surface area contributed by atoms with Gasteiger partial charge in [-0.05, 0) is 30.9 Å². The molecule has 2 nitrogen and oxygen atoms in total. The summed E-state index contributed by atoms with van der Waals surface area (Å²) in [5, 5.41) is 3.42. The molecule has 1 rings (SSSR count). The second-order valence-electron chi connectivity index (χ2n) is 4.52. The molecule has 0 aliphatic rings. The van der Waals surface area contributed by atoms with Gasteiger partial charge in [-0.1, -0.05) is 39.2 Å². The number of rotatable bonds is 7. The lowest BCUT2D eigenvalue weighted by Gasteiger charge is -2.15. The Morgan fingerprint density at radius 3 is 2.69 bits per heavy atom. The molecule has 1 atom stereocenters. The normalized spacial score (nSPS) is 12.4. The lowest BCUT2D eigenvalue weighted by atomic mass is 9.99. The smallest absolute Gasteiger partial charge is 0.125 e. The molecule has 1 N–H and O–H groups in total. The van der Waals surface area contributed by atoms with Crippen LogP contribution >= 0.6 is 0 Å². The lowest BCUT2D eigenvalue weighted by molar-refractivity contribution is 0.472. The summed E-state index contributed by atoms with van der Waals surface area (Å²) in [5.74, 6) is 1.78. The molecule has 90 valence electrons. The summed E-state index contributed by atoms with van der Waals surface area (Å²) in [6, 6.07) is 4.16. The number of unbranched alkanes of at least 4 members (excludes halogenated alkanes) is 1. The van der Waals surface area contributed by atoms with Crippen LogP contribution in [-0.4, -0.2) is 11.5 Å². The molecule has 0 amide bonds. The van der Waals surface area contributed by atoms with Gasteiger partial charge in [0.2, 0.25) is 0 Å². The van der Waals surface area contributed by atoms with Crippen LogP contribution in [0.25, 0.3) is 0 Å². The van der Waals surface area contributed by atoms with Crippen LogP contribution in [0, 0.1) is 12.8 Å². The van der Waals surface area contributed by atoms with E-state index in [2.05, 4.69) is 43.2 Å². The minimum absolute atomic E-state index is 0.781. The summed E-state index contributed by atoms with van der Waals surface area (Å²) in [6.07, 6.45) is 7.11. The van der Waals surface area contributed by atoms with E-state index in [1.807, 2.05) is 6.20 Å². The molecule has 2 heteroatoms. The maximum atomic E-state index is 4.35. The van der Waals surface area contributed by atoms with Crippen LogP contribution in [0.4, 0.5) is 5.82 Å². The highest BCUT2D eigenvalue weighted by molar-refractivity contribution is 5.35. The molecule has 1 aromatic heterocycles. The third-order valence-corrected chi connectivity index (χ3v) is 3.03. The second kappa shape index (κ2) is 7.26. The number of hydrogen-bond donors (Lipinski definition) is 1. The summed E-state index contributed by atoms with van der Waals surface area (Å²) in [5.41, 5.74) is 1.21. The molecule has 0 radical (unpaired) electrons. The summed E-state index contributed by atoms with van der Waals surface area (Å²) in [7, 11) is 0. The standard InChI is InChI=1S/C14H24N2/c1-4-6-7-13(5-2)11-16-14-9-8-12(3)10-15-14/h8-10,13H,4-7,11H2,1-3H3,(H,15,16). The second-order valence-corrected chi connectivity index (χ2v) is 4.52. The highest BCUT2D eigenvalue weighted by Crippen LogP contribution is 2.13. The molecule has 0 saturated heterocycles. The number of anilines is 1. The minimum atomic E-state index is 0.781. The van der Waals surface area contributed by atoms with E-state index < -0.39 is 0 Å². The Kier molecular flexibility index (Phi) is 5.91. The van der Waals surface area contributed by atoms with Crippen molar-refractivity contribution in [3.05, 3.63) is 23.9 Å². The van der Waals surface area contributed by atoms with Crippen LogP contribution in [-0.2, 0) is 0 Å². The number of aryl methyl sites for hydroxylation is 1. The van der Waals surface area contributed by atoms with Crippen molar-refractivity contribution in [2.24, 2.45) is 5.92 Å². The Bertz CT molecular complexity index is 279. The Hall–Kier alpha value is -1.05. The molecule has 0 aliphatic carbocycles. The van der Waals surface area contributed by atoms with Gasteiger partial charge in [-0.2, -0.15) is 0 Å². The zero-order chi connectivity index (χ0) is 11.8. The van der Waals surface area contributed by atoms with Gasteiger partial charge in [0.1, 0.15) is 5.82 Å². The van der Waals surface area contributed by atoms with Gasteiger partial charge >= 0.3 is 0 Å². The summed E-state index contributed by atoms with van der Waals surface area (Å²) in [6.45, 7) is 7.63. The topological polar surface area (TPSA) is 24.9 Å².